The van der Waals surface area contributed by atoms with Crippen LogP contribution in [-0.2, 0) is 9.59 Å². The Bertz CT molecular complexity index is 1150. The van der Waals surface area contributed by atoms with Gasteiger partial charge in [0.2, 0.25) is 0 Å². The van der Waals surface area contributed by atoms with Gasteiger partial charge in [-0.2, -0.15) is 0 Å². The molecular weight excluding hydrogens is 384 g/mol. The molecule has 5 nitrogen and oxygen atoms in total. The number of amides is 1. The van der Waals surface area contributed by atoms with E-state index in [2.05, 4.69) is 4.98 Å². The van der Waals surface area contributed by atoms with E-state index in [4.69, 9.17) is 0 Å². The van der Waals surface area contributed by atoms with Gasteiger partial charge >= 0.3 is 0 Å². The van der Waals surface area contributed by atoms with E-state index in [0.29, 0.717) is 11.3 Å². The molecule has 0 spiro atoms. The fraction of sp³-hybridized carbons (Fsp3) is 0.174. The third-order valence-corrected chi connectivity index (χ3v) is 6.39. The van der Waals surface area contributed by atoms with Crippen LogP contribution in [0.15, 0.2) is 59.7 Å². The fourth-order valence-corrected chi connectivity index (χ4v) is 4.58. The van der Waals surface area contributed by atoms with Gasteiger partial charge in [0, 0.05) is 28.5 Å². The molecule has 0 radical (unpaired) electrons. The summed E-state index contributed by atoms with van der Waals surface area (Å²) in [4.78, 5) is 32.5. The zero-order valence-electron chi connectivity index (χ0n) is 16.3. The molecule has 1 aliphatic rings. The van der Waals surface area contributed by atoms with Crippen molar-refractivity contribution in [1.29, 1.82) is 0 Å². The van der Waals surface area contributed by atoms with Crippen molar-refractivity contribution in [1.82, 2.24) is 4.98 Å². The molecule has 3 aromatic rings. The fourth-order valence-electron chi connectivity index (χ4n) is 3.55. The van der Waals surface area contributed by atoms with Crippen LogP contribution in [0.3, 0.4) is 0 Å². The lowest BCUT2D eigenvalue weighted by molar-refractivity contribution is -0.132. The van der Waals surface area contributed by atoms with Gasteiger partial charge in [0.05, 0.1) is 5.57 Å². The first-order chi connectivity index (χ1) is 13.9. The molecule has 2 aromatic heterocycles. The second-order valence-corrected chi connectivity index (χ2v) is 8.09. The minimum absolute atomic E-state index is 0.102. The molecule has 1 atom stereocenters. The number of carbonyl (C=O) groups is 2. The Morgan fingerprint density at radius 1 is 1.00 bits per heavy atom. The number of Topliss-reactive ketones (excluding diaryl/α,β-unsaturated/α-hetero) is 1. The van der Waals surface area contributed by atoms with Gasteiger partial charge in [-0.15, -0.1) is 11.3 Å². The van der Waals surface area contributed by atoms with Crippen LogP contribution >= 0.6 is 11.3 Å². The number of aromatic nitrogens is 1. The first-order valence-electron chi connectivity index (χ1n) is 9.22. The number of aryl methyl sites for hydroxylation is 3. The summed E-state index contributed by atoms with van der Waals surface area (Å²) in [5.74, 6) is -1.51. The molecule has 0 aliphatic carbocycles. The monoisotopic (exact) mass is 404 g/mol. The highest BCUT2D eigenvalue weighted by Crippen LogP contribution is 2.44. The molecule has 1 amide bonds. The van der Waals surface area contributed by atoms with Crippen LogP contribution in [0, 0.1) is 20.8 Å². The number of anilines is 1. The van der Waals surface area contributed by atoms with Gasteiger partial charge in [-0.05, 0) is 73.2 Å². The standard InChI is InChI=1S/C23H20N2O3S/c1-13-4-5-17(12-15(13)3)25-19(22-14(2)8-11-29-22)18(21(27)23(25)28)20(26)16-6-9-24-10-7-16/h4-12,19,26H,1-3H3/b20-18-. The second-order valence-electron chi connectivity index (χ2n) is 7.14. The van der Waals surface area contributed by atoms with E-state index in [-0.39, 0.29) is 11.3 Å². The lowest BCUT2D eigenvalue weighted by atomic mass is 9.98. The maximum Gasteiger partial charge on any atom is 0.300 e. The Balaban J connectivity index is 1.96. The number of aliphatic hydroxyl groups is 1. The average Bonchev–Trinajstić information content (AvgIpc) is 3.25. The minimum Gasteiger partial charge on any atom is -0.507 e. The summed E-state index contributed by atoms with van der Waals surface area (Å²) in [6.07, 6.45) is 3.08. The predicted molar refractivity (Wildman–Crippen MR) is 114 cm³/mol. The lowest BCUT2D eigenvalue weighted by Crippen LogP contribution is -2.29. The molecule has 4 rings (SSSR count). The minimum atomic E-state index is -0.685. The number of benzene rings is 1. The van der Waals surface area contributed by atoms with E-state index in [0.717, 1.165) is 21.6 Å². The third-order valence-electron chi connectivity index (χ3n) is 5.32. The van der Waals surface area contributed by atoms with E-state index >= 15 is 0 Å². The molecule has 1 aromatic carbocycles. The van der Waals surface area contributed by atoms with Crippen molar-refractivity contribution in [2.75, 3.05) is 4.90 Å². The summed E-state index contributed by atoms with van der Waals surface area (Å²) >= 11 is 1.47. The van der Waals surface area contributed by atoms with Crippen molar-refractivity contribution in [2.45, 2.75) is 26.8 Å². The largest absolute Gasteiger partial charge is 0.507 e. The second kappa shape index (κ2) is 7.29. The van der Waals surface area contributed by atoms with Gasteiger partial charge in [-0.1, -0.05) is 6.07 Å². The van der Waals surface area contributed by atoms with E-state index in [1.54, 1.807) is 24.5 Å². The van der Waals surface area contributed by atoms with E-state index in [1.807, 2.05) is 50.4 Å². The summed E-state index contributed by atoms with van der Waals surface area (Å²) in [5, 5.41) is 12.9. The molecule has 146 valence electrons. The smallest absolute Gasteiger partial charge is 0.300 e. The number of ketones is 1. The van der Waals surface area contributed by atoms with Crippen molar-refractivity contribution >= 4 is 34.5 Å². The van der Waals surface area contributed by atoms with Gasteiger partial charge in [0.15, 0.2) is 0 Å². The van der Waals surface area contributed by atoms with Gasteiger partial charge < -0.3 is 5.11 Å². The summed E-state index contributed by atoms with van der Waals surface area (Å²) in [5.41, 5.74) is 4.30. The van der Waals surface area contributed by atoms with E-state index < -0.39 is 17.7 Å². The molecule has 0 saturated carbocycles. The number of aliphatic hydroxyl groups excluding tert-OH is 1. The molecule has 1 fully saturated rings. The topological polar surface area (TPSA) is 70.5 Å². The number of pyridine rings is 1. The van der Waals surface area contributed by atoms with Crippen LogP contribution < -0.4 is 4.90 Å². The van der Waals surface area contributed by atoms with Gasteiger partial charge in [-0.3, -0.25) is 19.5 Å². The van der Waals surface area contributed by atoms with E-state index in [9.17, 15) is 14.7 Å². The molecular formula is C23H20N2O3S. The van der Waals surface area contributed by atoms with Crippen LogP contribution in [-0.4, -0.2) is 21.8 Å². The average molecular weight is 404 g/mol. The van der Waals surface area contributed by atoms with Crippen molar-refractivity contribution in [3.8, 4) is 0 Å². The van der Waals surface area contributed by atoms with Crippen LogP contribution in [0.2, 0.25) is 0 Å². The Morgan fingerprint density at radius 2 is 1.72 bits per heavy atom. The molecule has 1 saturated heterocycles. The van der Waals surface area contributed by atoms with Gasteiger partial charge in [0.25, 0.3) is 11.7 Å². The summed E-state index contributed by atoms with van der Waals surface area (Å²) in [7, 11) is 0. The van der Waals surface area contributed by atoms with Crippen molar-refractivity contribution in [2.24, 2.45) is 0 Å². The number of thiophene rings is 1. The molecule has 1 unspecified atom stereocenters. The summed E-state index contributed by atoms with van der Waals surface area (Å²) in [6, 6.07) is 10.2. The van der Waals surface area contributed by atoms with E-state index in [1.165, 1.54) is 16.2 Å². The first kappa shape index (κ1) is 19.1. The lowest BCUT2D eigenvalue weighted by Gasteiger charge is -2.25. The maximum absolute atomic E-state index is 13.1. The van der Waals surface area contributed by atoms with Gasteiger partial charge in [0.1, 0.15) is 11.8 Å². The van der Waals surface area contributed by atoms with Crippen LogP contribution in [0.25, 0.3) is 5.76 Å². The Kier molecular flexibility index (Phi) is 4.80. The quantitative estimate of drug-likeness (QED) is 0.390. The highest BCUT2D eigenvalue weighted by molar-refractivity contribution is 7.10. The van der Waals surface area contributed by atoms with Crippen LogP contribution in [0.1, 0.15) is 33.2 Å². The van der Waals surface area contributed by atoms with Crippen molar-refractivity contribution in [3.63, 3.8) is 0 Å². The molecule has 29 heavy (non-hydrogen) atoms. The number of nitrogens with zero attached hydrogens (tertiary/aromatic N) is 2. The maximum atomic E-state index is 13.1. The number of carbonyl (C=O) groups excluding carboxylic acids is 2. The van der Waals surface area contributed by atoms with Crippen molar-refractivity contribution in [3.05, 3.63) is 86.9 Å². The SMILES string of the molecule is Cc1ccc(N2C(=O)C(=O)/C(=C(\O)c3ccncc3)C2c2sccc2C)cc1C. The number of hydrogen-bond donors (Lipinski definition) is 1. The zero-order valence-corrected chi connectivity index (χ0v) is 17.2. The highest BCUT2D eigenvalue weighted by Gasteiger charge is 2.47. The Morgan fingerprint density at radius 3 is 2.34 bits per heavy atom. The van der Waals surface area contributed by atoms with Crippen LogP contribution in [0.5, 0.6) is 0 Å². The Hall–Kier alpha value is -3.25. The first-order valence-corrected chi connectivity index (χ1v) is 10.1. The molecule has 0 bridgehead atoms. The molecule has 3 heterocycles. The summed E-state index contributed by atoms with van der Waals surface area (Å²) in [6.45, 7) is 5.91. The van der Waals surface area contributed by atoms with Gasteiger partial charge in [-0.25, -0.2) is 0 Å². The Labute approximate surface area is 173 Å². The zero-order chi connectivity index (χ0) is 20.7. The predicted octanol–water partition coefficient (Wildman–Crippen LogP) is 4.69. The van der Waals surface area contributed by atoms with Crippen LogP contribution in [0.4, 0.5) is 5.69 Å². The number of rotatable bonds is 3. The van der Waals surface area contributed by atoms with Crippen molar-refractivity contribution < 1.29 is 14.7 Å². The third kappa shape index (κ3) is 3.15. The molecule has 6 heteroatoms. The summed E-state index contributed by atoms with van der Waals surface area (Å²) < 4.78 is 0. The highest BCUT2D eigenvalue weighted by atomic mass is 32.1. The molecule has 1 aliphatic heterocycles. The molecule has 1 N–H and O–H groups in total. The number of hydrogen-bond acceptors (Lipinski definition) is 5. The normalized spacial score (nSPS) is 18.4.